The number of hydrogen-bond donors (Lipinski definition) is 4. The fraction of sp³-hybridized carbons (Fsp3) is 0.696. The summed E-state index contributed by atoms with van der Waals surface area (Å²) >= 11 is 0. The van der Waals surface area contributed by atoms with Gasteiger partial charge in [0.05, 0.1) is 30.2 Å². The molecule has 1 aromatic heterocycles. The molecule has 1 aromatic rings. The van der Waals surface area contributed by atoms with Crippen LogP contribution in [0.3, 0.4) is 0 Å². The number of rotatable bonds is 7. The van der Waals surface area contributed by atoms with Gasteiger partial charge in [-0.1, -0.05) is 5.18 Å². The zero-order valence-electron chi connectivity index (χ0n) is 20.9. The molecule has 3 aliphatic rings. The first-order valence-corrected chi connectivity index (χ1v) is 12.6. The Balaban J connectivity index is 1.50. The molecule has 0 bridgehead atoms. The number of alkyl halides is 1. The van der Waals surface area contributed by atoms with Crippen molar-refractivity contribution in [1.82, 2.24) is 25.4 Å². The summed E-state index contributed by atoms with van der Waals surface area (Å²) in [5.41, 5.74) is 6.04. The Kier molecular flexibility index (Phi) is 8.95. The van der Waals surface area contributed by atoms with E-state index in [9.17, 15) is 18.9 Å². The number of hydrogen-bond acceptors (Lipinski definition) is 10. The number of pyridine rings is 1. The van der Waals surface area contributed by atoms with Crippen LogP contribution >= 0.6 is 0 Å². The first-order valence-electron chi connectivity index (χ1n) is 12.6. The molecule has 0 aliphatic carbocycles. The minimum absolute atomic E-state index is 0.0176. The van der Waals surface area contributed by atoms with Gasteiger partial charge in [0.1, 0.15) is 17.8 Å². The van der Waals surface area contributed by atoms with Gasteiger partial charge in [-0.25, -0.2) is 8.78 Å². The molecule has 0 radical (unpaired) electrons. The Labute approximate surface area is 214 Å². The van der Waals surface area contributed by atoms with Crippen molar-refractivity contribution in [3.8, 4) is 0 Å². The van der Waals surface area contributed by atoms with Gasteiger partial charge in [-0.15, -0.1) is 4.91 Å². The molecule has 3 saturated heterocycles. The Morgan fingerprint density at radius 2 is 1.89 bits per heavy atom. The number of piperidine rings is 1. The van der Waals surface area contributed by atoms with Crippen LogP contribution in [0, 0.1) is 22.6 Å². The SMILES string of the molecule is CN1CCN(C(=O)C2CCCN(c3c(F)cncc3NC(=O)C(C(N)N=O)C3NCC(F)CN3)C2)CC1. The number of likely N-dealkylation sites (N-methyl/N-ethyl adjacent to an activating group) is 1. The summed E-state index contributed by atoms with van der Waals surface area (Å²) < 4.78 is 28.7. The first-order chi connectivity index (χ1) is 17.8. The van der Waals surface area contributed by atoms with Crippen molar-refractivity contribution < 1.29 is 18.4 Å². The van der Waals surface area contributed by atoms with E-state index in [0.717, 1.165) is 19.3 Å². The van der Waals surface area contributed by atoms with Crippen LogP contribution in [0.1, 0.15) is 12.8 Å². The molecule has 0 aromatic carbocycles. The van der Waals surface area contributed by atoms with E-state index in [1.807, 2.05) is 11.9 Å². The van der Waals surface area contributed by atoms with Crippen LogP contribution in [0.4, 0.5) is 20.2 Å². The smallest absolute Gasteiger partial charge is 0.234 e. The van der Waals surface area contributed by atoms with Gasteiger partial charge < -0.3 is 25.8 Å². The van der Waals surface area contributed by atoms with Crippen LogP contribution in [0.25, 0.3) is 0 Å². The van der Waals surface area contributed by atoms with Crippen molar-refractivity contribution in [3.05, 3.63) is 23.1 Å². The fourth-order valence-electron chi connectivity index (χ4n) is 5.20. The molecule has 2 amide bonds. The number of nitrogens with two attached hydrogens (primary N) is 1. The number of nitroso groups, excluding NO2 is 1. The van der Waals surface area contributed by atoms with E-state index in [0.29, 0.717) is 39.0 Å². The highest BCUT2D eigenvalue weighted by Crippen LogP contribution is 2.33. The summed E-state index contributed by atoms with van der Waals surface area (Å²) in [7, 11) is 2.02. The second kappa shape index (κ2) is 12.2. The minimum Gasteiger partial charge on any atom is -0.367 e. The number of nitrogens with one attached hydrogen (secondary N) is 3. The maximum absolute atomic E-state index is 15.1. The second-order valence-electron chi connectivity index (χ2n) is 9.93. The molecular weight excluding hydrogens is 488 g/mol. The molecule has 3 atom stereocenters. The normalized spacial score (nSPS) is 26.9. The lowest BCUT2D eigenvalue weighted by Crippen LogP contribution is -2.62. The number of halogens is 2. The van der Waals surface area contributed by atoms with Crippen LogP contribution in [-0.2, 0) is 9.59 Å². The van der Waals surface area contributed by atoms with Crippen LogP contribution in [-0.4, -0.2) is 105 Å². The lowest BCUT2D eigenvalue weighted by atomic mass is 9.95. The Morgan fingerprint density at radius 1 is 1.19 bits per heavy atom. The lowest BCUT2D eigenvalue weighted by molar-refractivity contribution is -0.137. The molecule has 4 rings (SSSR count). The highest BCUT2D eigenvalue weighted by Gasteiger charge is 2.38. The summed E-state index contributed by atoms with van der Waals surface area (Å²) in [6.07, 6.45) is 0.378. The van der Waals surface area contributed by atoms with Crippen LogP contribution in [0.15, 0.2) is 17.6 Å². The van der Waals surface area contributed by atoms with Crippen LogP contribution in [0.2, 0.25) is 0 Å². The largest absolute Gasteiger partial charge is 0.367 e. The van der Waals surface area contributed by atoms with E-state index >= 15 is 4.39 Å². The van der Waals surface area contributed by atoms with Gasteiger partial charge in [0.2, 0.25) is 11.8 Å². The van der Waals surface area contributed by atoms with Crippen molar-refractivity contribution >= 4 is 23.2 Å². The van der Waals surface area contributed by atoms with E-state index in [1.54, 1.807) is 4.90 Å². The molecule has 0 spiro atoms. The molecule has 12 nitrogen and oxygen atoms in total. The van der Waals surface area contributed by atoms with Gasteiger partial charge in [0, 0.05) is 52.4 Å². The number of carbonyl (C=O) groups is 2. The zero-order chi connectivity index (χ0) is 26.5. The van der Waals surface area contributed by atoms with E-state index in [1.165, 1.54) is 6.20 Å². The fourth-order valence-corrected chi connectivity index (χ4v) is 5.20. The van der Waals surface area contributed by atoms with E-state index in [-0.39, 0.29) is 36.3 Å². The van der Waals surface area contributed by atoms with Crippen molar-refractivity contribution in [1.29, 1.82) is 0 Å². The number of anilines is 2. The average Bonchev–Trinajstić information content (AvgIpc) is 2.90. The van der Waals surface area contributed by atoms with Crippen LogP contribution < -0.4 is 26.6 Å². The topological polar surface area (TPSA) is 148 Å². The maximum atomic E-state index is 15.1. The summed E-state index contributed by atoms with van der Waals surface area (Å²) in [6.45, 7) is 3.72. The zero-order valence-corrected chi connectivity index (χ0v) is 20.9. The van der Waals surface area contributed by atoms with Crippen molar-refractivity contribution in [2.75, 3.05) is 69.6 Å². The molecular formula is C23H35F2N9O3. The van der Waals surface area contributed by atoms with Gasteiger partial charge in [0.25, 0.3) is 0 Å². The molecule has 204 valence electrons. The van der Waals surface area contributed by atoms with E-state index in [4.69, 9.17) is 5.73 Å². The Morgan fingerprint density at radius 3 is 2.57 bits per heavy atom. The van der Waals surface area contributed by atoms with Crippen molar-refractivity contribution in [2.24, 2.45) is 22.7 Å². The molecule has 3 aliphatic heterocycles. The van der Waals surface area contributed by atoms with E-state index in [2.05, 4.69) is 31.0 Å². The summed E-state index contributed by atoms with van der Waals surface area (Å²) in [5, 5.41) is 11.1. The Hall–Kier alpha value is -2.81. The number of amides is 2. The molecule has 5 N–H and O–H groups in total. The summed E-state index contributed by atoms with van der Waals surface area (Å²) in [6, 6.07) is 0. The highest BCUT2D eigenvalue weighted by atomic mass is 19.1. The average molecular weight is 524 g/mol. The quantitative estimate of drug-likeness (QED) is 0.353. The van der Waals surface area contributed by atoms with Gasteiger partial charge in [-0.05, 0) is 19.9 Å². The molecule has 3 fully saturated rings. The second-order valence-corrected chi connectivity index (χ2v) is 9.93. The van der Waals surface area contributed by atoms with Crippen molar-refractivity contribution in [3.63, 3.8) is 0 Å². The van der Waals surface area contributed by atoms with Gasteiger partial charge in [0.15, 0.2) is 12.0 Å². The molecule has 3 unspecified atom stereocenters. The first kappa shape index (κ1) is 27.2. The number of aromatic nitrogens is 1. The Bertz CT molecular complexity index is 971. The predicted octanol–water partition coefficient (Wildman–Crippen LogP) is -0.326. The number of piperazine rings is 1. The third-order valence-corrected chi connectivity index (χ3v) is 7.30. The summed E-state index contributed by atoms with van der Waals surface area (Å²) in [5.74, 6) is -2.76. The van der Waals surface area contributed by atoms with Crippen molar-refractivity contribution in [2.45, 2.75) is 31.3 Å². The standard InChI is InChI=1S/C23H35F2N9O3/c1-32-5-7-33(8-6-32)23(36)14-3-2-4-34(13-14)19-16(25)11-27-12-17(19)30-22(35)18(20(26)31-37)21-28-9-15(24)10-29-21/h11-12,14-15,18,20-21,28-29H,2-10,13,26H2,1H3,(H,30,35). The number of carbonyl (C=O) groups excluding carboxylic acids is 2. The third-order valence-electron chi connectivity index (χ3n) is 7.30. The highest BCUT2D eigenvalue weighted by molar-refractivity contribution is 5.96. The number of nitrogens with zero attached hydrogens (tertiary/aromatic N) is 5. The lowest BCUT2D eigenvalue weighted by Gasteiger charge is -2.39. The van der Waals surface area contributed by atoms with Gasteiger partial charge >= 0.3 is 0 Å². The van der Waals surface area contributed by atoms with Crippen LogP contribution in [0.5, 0.6) is 0 Å². The molecule has 4 heterocycles. The molecule has 14 heteroatoms. The maximum Gasteiger partial charge on any atom is 0.234 e. The molecule has 0 saturated carbocycles. The van der Waals surface area contributed by atoms with Gasteiger partial charge in [-0.3, -0.25) is 25.2 Å². The molecule has 37 heavy (non-hydrogen) atoms. The summed E-state index contributed by atoms with van der Waals surface area (Å²) in [4.78, 5) is 47.3. The monoisotopic (exact) mass is 523 g/mol. The third kappa shape index (κ3) is 6.37. The van der Waals surface area contributed by atoms with E-state index < -0.39 is 36.1 Å². The predicted molar refractivity (Wildman–Crippen MR) is 134 cm³/mol. The van der Waals surface area contributed by atoms with Gasteiger partial charge in [-0.2, -0.15) is 0 Å². The minimum atomic E-state index is -1.42.